The Morgan fingerprint density at radius 2 is 2.00 bits per heavy atom. The Labute approximate surface area is 131 Å². The van der Waals surface area contributed by atoms with Crippen molar-refractivity contribution in [3.63, 3.8) is 0 Å². The molecule has 0 aliphatic rings. The molecule has 1 N–H and O–H groups in total. The zero-order chi connectivity index (χ0) is 16.1. The van der Waals surface area contributed by atoms with E-state index >= 15 is 0 Å². The number of carbonyl (C=O) groups excluding carboxylic acids is 2. The van der Waals surface area contributed by atoms with Gasteiger partial charge in [0, 0.05) is 11.1 Å². The van der Waals surface area contributed by atoms with Crippen molar-refractivity contribution in [2.45, 2.75) is 13.5 Å². The van der Waals surface area contributed by atoms with Crippen LogP contribution in [-0.4, -0.2) is 22.2 Å². The fourth-order valence-electron chi connectivity index (χ4n) is 1.88. The zero-order valence-corrected chi connectivity index (χ0v) is 12.8. The van der Waals surface area contributed by atoms with Crippen LogP contribution in [0.2, 0.25) is 0 Å². The minimum atomic E-state index is -0.361. The van der Waals surface area contributed by atoms with Gasteiger partial charge in [0.1, 0.15) is 11.4 Å². The third kappa shape index (κ3) is 3.32. The Hall–Kier alpha value is -2.65. The molecule has 0 saturated heterocycles. The van der Waals surface area contributed by atoms with Crippen LogP contribution >= 0.6 is 11.5 Å². The number of nitrogens with zero attached hydrogens (tertiary/aromatic N) is 1. The molecule has 1 aromatic carbocycles. The highest BCUT2D eigenvalue weighted by Gasteiger charge is 2.20. The second-order valence-corrected chi connectivity index (χ2v) is 5.59. The third-order valence-corrected chi connectivity index (χ3v) is 4.20. The predicted octanol–water partition coefficient (Wildman–Crippen LogP) is 1.20. The molecule has 0 saturated carbocycles. The molecule has 22 heavy (non-hydrogen) atoms. The van der Waals surface area contributed by atoms with E-state index in [1.165, 1.54) is 3.96 Å². The maximum Gasteiger partial charge on any atom is 0.264 e. The van der Waals surface area contributed by atoms with E-state index in [-0.39, 0.29) is 30.3 Å². The van der Waals surface area contributed by atoms with Crippen LogP contribution in [-0.2, 0) is 11.3 Å². The van der Waals surface area contributed by atoms with E-state index in [4.69, 9.17) is 6.42 Å². The molecule has 2 rings (SSSR count). The molecule has 1 amide bonds. The summed E-state index contributed by atoms with van der Waals surface area (Å²) in [5, 5.41) is 2.48. The average Bonchev–Trinajstić information content (AvgIpc) is 2.81. The zero-order valence-electron chi connectivity index (χ0n) is 12.0. The summed E-state index contributed by atoms with van der Waals surface area (Å²) in [6, 6.07) is 8.71. The Kier molecular flexibility index (Phi) is 4.92. The molecule has 0 unspecified atom stereocenters. The molecule has 112 valence electrons. The number of nitrogens with one attached hydrogen (secondary N) is 1. The minimum absolute atomic E-state index is 0.105. The molecule has 2 aromatic rings. The lowest BCUT2D eigenvalue weighted by molar-refractivity contribution is -0.121. The van der Waals surface area contributed by atoms with Gasteiger partial charge in [0.15, 0.2) is 0 Å². The minimum Gasteiger partial charge on any atom is -0.344 e. The highest BCUT2D eigenvalue weighted by Crippen LogP contribution is 2.17. The van der Waals surface area contributed by atoms with Crippen molar-refractivity contribution in [1.29, 1.82) is 0 Å². The van der Waals surface area contributed by atoms with Crippen molar-refractivity contribution in [2.75, 3.05) is 6.54 Å². The van der Waals surface area contributed by atoms with Crippen LogP contribution < -0.4 is 10.9 Å². The Balaban J connectivity index is 2.27. The van der Waals surface area contributed by atoms with Gasteiger partial charge in [-0.2, -0.15) is 0 Å². The van der Waals surface area contributed by atoms with Gasteiger partial charge in [0.2, 0.25) is 11.7 Å². The van der Waals surface area contributed by atoms with Gasteiger partial charge < -0.3 is 5.32 Å². The summed E-state index contributed by atoms with van der Waals surface area (Å²) in [6.07, 6.45) is 5.06. The first kappa shape index (κ1) is 15.7. The molecule has 1 aromatic heterocycles. The largest absolute Gasteiger partial charge is 0.344 e. The summed E-state index contributed by atoms with van der Waals surface area (Å²) in [7, 11) is 0. The predicted molar refractivity (Wildman–Crippen MR) is 85.0 cm³/mol. The third-order valence-electron chi connectivity index (χ3n) is 3.01. The summed E-state index contributed by atoms with van der Waals surface area (Å²) in [4.78, 5) is 36.5. The topological polar surface area (TPSA) is 68.2 Å². The average molecular weight is 314 g/mol. The van der Waals surface area contributed by atoms with Crippen LogP contribution in [0, 0.1) is 19.3 Å². The maximum atomic E-state index is 12.4. The van der Waals surface area contributed by atoms with Crippen molar-refractivity contribution in [1.82, 2.24) is 9.27 Å². The number of carbonyl (C=O) groups is 2. The van der Waals surface area contributed by atoms with Crippen molar-refractivity contribution >= 4 is 23.2 Å². The van der Waals surface area contributed by atoms with E-state index in [2.05, 4.69) is 11.2 Å². The van der Waals surface area contributed by atoms with Gasteiger partial charge in [-0.1, -0.05) is 47.8 Å². The molecule has 1 heterocycles. The Bertz CT molecular complexity index is 797. The van der Waals surface area contributed by atoms with E-state index in [0.29, 0.717) is 16.0 Å². The summed E-state index contributed by atoms with van der Waals surface area (Å²) in [5.74, 6) is 1.70. The second-order valence-electron chi connectivity index (χ2n) is 4.56. The SMILES string of the molecule is C#CCNC(=O)Cn1sc(C(=O)c2ccccc2)c(C)c1=O. The van der Waals surface area contributed by atoms with Gasteiger partial charge in [-0.15, -0.1) is 6.42 Å². The lowest BCUT2D eigenvalue weighted by atomic mass is 10.1. The standard InChI is InChI=1S/C16H14N2O3S/c1-3-9-17-13(19)10-18-16(21)11(2)15(22-18)14(20)12-7-5-4-6-8-12/h1,4-8H,9-10H2,2H3,(H,17,19). The summed E-state index contributed by atoms with van der Waals surface area (Å²) >= 11 is 0.993. The number of hydrogen-bond acceptors (Lipinski definition) is 4. The fourth-order valence-corrected chi connectivity index (χ4v) is 2.92. The van der Waals surface area contributed by atoms with Crippen molar-refractivity contribution in [2.24, 2.45) is 0 Å². The van der Waals surface area contributed by atoms with Crippen LogP contribution in [0.15, 0.2) is 35.1 Å². The van der Waals surface area contributed by atoms with Crippen LogP contribution in [0.1, 0.15) is 20.8 Å². The normalized spacial score (nSPS) is 10.0. The molecular weight excluding hydrogens is 300 g/mol. The Morgan fingerprint density at radius 1 is 1.32 bits per heavy atom. The lowest BCUT2D eigenvalue weighted by Crippen LogP contribution is -2.30. The van der Waals surface area contributed by atoms with Crippen LogP contribution in [0.25, 0.3) is 0 Å². The van der Waals surface area contributed by atoms with Gasteiger partial charge in [0.05, 0.1) is 6.54 Å². The molecule has 0 atom stereocenters. The van der Waals surface area contributed by atoms with E-state index in [9.17, 15) is 14.4 Å². The highest BCUT2D eigenvalue weighted by atomic mass is 32.1. The van der Waals surface area contributed by atoms with Crippen LogP contribution in [0.5, 0.6) is 0 Å². The summed E-state index contributed by atoms with van der Waals surface area (Å²) in [5.41, 5.74) is 0.527. The number of benzene rings is 1. The number of amides is 1. The van der Waals surface area contributed by atoms with E-state index in [1.807, 2.05) is 6.07 Å². The summed E-state index contributed by atoms with van der Waals surface area (Å²) in [6.45, 7) is 1.55. The van der Waals surface area contributed by atoms with Crippen molar-refractivity contribution < 1.29 is 9.59 Å². The summed E-state index contributed by atoms with van der Waals surface area (Å²) < 4.78 is 1.26. The van der Waals surface area contributed by atoms with Crippen molar-refractivity contribution in [3.8, 4) is 12.3 Å². The number of rotatable bonds is 5. The molecule has 0 spiro atoms. The van der Waals surface area contributed by atoms with E-state index in [0.717, 1.165) is 11.5 Å². The van der Waals surface area contributed by atoms with Crippen LogP contribution in [0.4, 0.5) is 0 Å². The molecular formula is C16H14N2O3S. The highest BCUT2D eigenvalue weighted by molar-refractivity contribution is 7.09. The first-order valence-electron chi connectivity index (χ1n) is 6.55. The van der Waals surface area contributed by atoms with Crippen LogP contribution in [0.3, 0.4) is 0 Å². The molecule has 0 bridgehead atoms. The quantitative estimate of drug-likeness (QED) is 0.666. The number of ketones is 1. The van der Waals surface area contributed by atoms with Gasteiger partial charge in [-0.25, -0.2) is 0 Å². The van der Waals surface area contributed by atoms with E-state index in [1.54, 1.807) is 31.2 Å². The van der Waals surface area contributed by atoms with Gasteiger partial charge in [0.25, 0.3) is 5.56 Å². The van der Waals surface area contributed by atoms with Crippen molar-refractivity contribution in [3.05, 3.63) is 56.7 Å². The van der Waals surface area contributed by atoms with Gasteiger partial charge in [-0.3, -0.25) is 18.3 Å². The van der Waals surface area contributed by atoms with E-state index < -0.39 is 0 Å². The smallest absolute Gasteiger partial charge is 0.264 e. The molecule has 6 heteroatoms. The second kappa shape index (κ2) is 6.87. The molecule has 0 aliphatic heterocycles. The monoisotopic (exact) mass is 314 g/mol. The maximum absolute atomic E-state index is 12.4. The van der Waals surface area contributed by atoms with Gasteiger partial charge >= 0.3 is 0 Å². The number of hydrogen-bond donors (Lipinski definition) is 1. The van der Waals surface area contributed by atoms with Gasteiger partial charge in [-0.05, 0) is 6.92 Å². The molecule has 0 fully saturated rings. The number of aromatic nitrogens is 1. The molecule has 5 nitrogen and oxygen atoms in total. The first-order chi connectivity index (χ1) is 10.5. The molecule has 0 radical (unpaired) electrons. The first-order valence-corrected chi connectivity index (χ1v) is 7.32. The fraction of sp³-hybridized carbons (Fsp3) is 0.188. The lowest BCUT2D eigenvalue weighted by Gasteiger charge is -2.01. The number of terminal acetylenes is 1. The Morgan fingerprint density at radius 3 is 2.64 bits per heavy atom. The molecule has 0 aliphatic carbocycles.